The Balaban J connectivity index is 1.53. The van der Waals surface area contributed by atoms with Gasteiger partial charge in [0.1, 0.15) is 5.82 Å². The Bertz CT molecular complexity index is 936. The van der Waals surface area contributed by atoms with Crippen LogP contribution in [-0.4, -0.2) is 27.2 Å². The number of amides is 1. The number of ether oxygens (including phenoxy) is 2. The summed E-state index contributed by atoms with van der Waals surface area (Å²) in [6.45, 7) is 2.10. The molecule has 0 atom stereocenters. The normalized spacial score (nSPS) is 12.2. The van der Waals surface area contributed by atoms with Gasteiger partial charge in [0.2, 0.25) is 12.7 Å². The van der Waals surface area contributed by atoms with Crippen LogP contribution < -0.4 is 14.8 Å². The number of aryl methyl sites for hydroxylation is 1. The van der Waals surface area contributed by atoms with Crippen LogP contribution in [0, 0.1) is 6.92 Å². The number of carbonyl (C=O) groups excluding carboxylic acids is 1. The van der Waals surface area contributed by atoms with E-state index in [1.165, 1.54) is 0 Å². The molecule has 1 aliphatic rings. The minimum Gasteiger partial charge on any atom is -0.454 e. The van der Waals surface area contributed by atoms with Gasteiger partial charge in [-0.3, -0.25) is 9.36 Å². The van der Waals surface area contributed by atoms with Crippen LogP contribution in [0.4, 0.5) is 5.69 Å². The van der Waals surface area contributed by atoms with Crippen LogP contribution in [0.3, 0.4) is 0 Å². The standard InChI is InChI=1S/C18H16N4O3/c1-12-19-7-8-22(12)18-14(3-2-6-20-18)21-17(23)10-13-4-5-15-16(9-13)25-11-24-15/h2-9H,10-11H2,1H3,(H,21,23). The van der Waals surface area contributed by atoms with Crippen molar-refractivity contribution in [1.29, 1.82) is 0 Å². The Morgan fingerprint density at radius 1 is 1.20 bits per heavy atom. The molecule has 4 rings (SSSR count). The molecule has 3 aromatic rings. The molecule has 0 bridgehead atoms. The molecule has 0 spiro atoms. The minimum absolute atomic E-state index is 0.133. The van der Waals surface area contributed by atoms with Gasteiger partial charge in [0, 0.05) is 18.6 Å². The van der Waals surface area contributed by atoms with E-state index in [1.807, 2.05) is 42.0 Å². The van der Waals surface area contributed by atoms with Crippen LogP contribution in [0.2, 0.25) is 0 Å². The highest BCUT2D eigenvalue weighted by Crippen LogP contribution is 2.32. The second-order valence-electron chi connectivity index (χ2n) is 5.63. The number of pyridine rings is 1. The maximum Gasteiger partial charge on any atom is 0.231 e. The number of benzene rings is 1. The highest BCUT2D eigenvalue weighted by molar-refractivity contribution is 5.93. The molecule has 7 nitrogen and oxygen atoms in total. The van der Waals surface area contributed by atoms with Gasteiger partial charge in [0.05, 0.1) is 12.1 Å². The number of rotatable bonds is 4. The van der Waals surface area contributed by atoms with Gasteiger partial charge in [-0.15, -0.1) is 0 Å². The largest absolute Gasteiger partial charge is 0.454 e. The van der Waals surface area contributed by atoms with Crippen molar-refractivity contribution >= 4 is 11.6 Å². The van der Waals surface area contributed by atoms with E-state index < -0.39 is 0 Å². The number of anilines is 1. The Hall–Kier alpha value is -3.35. The van der Waals surface area contributed by atoms with Gasteiger partial charge in [-0.25, -0.2) is 9.97 Å². The highest BCUT2D eigenvalue weighted by Gasteiger charge is 2.15. The van der Waals surface area contributed by atoms with Crippen LogP contribution in [0.15, 0.2) is 48.9 Å². The van der Waals surface area contributed by atoms with Crippen LogP contribution in [0.1, 0.15) is 11.4 Å². The first kappa shape index (κ1) is 15.2. The smallest absolute Gasteiger partial charge is 0.231 e. The van der Waals surface area contributed by atoms with Crippen molar-refractivity contribution in [3.05, 3.63) is 60.3 Å². The molecule has 1 N–H and O–H groups in total. The van der Waals surface area contributed by atoms with Crippen molar-refractivity contribution in [2.45, 2.75) is 13.3 Å². The molecule has 2 aromatic heterocycles. The fraction of sp³-hybridized carbons (Fsp3) is 0.167. The zero-order valence-corrected chi connectivity index (χ0v) is 13.6. The molecule has 126 valence electrons. The summed E-state index contributed by atoms with van der Waals surface area (Å²) in [5.74, 6) is 2.67. The lowest BCUT2D eigenvalue weighted by Crippen LogP contribution is -2.16. The topological polar surface area (TPSA) is 78.3 Å². The summed E-state index contributed by atoms with van der Waals surface area (Å²) >= 11 is 0. The second-order valence-corrected chi connectivity index (χ2v) is 5.63. The molecule has 0 aliphatic carbocycles. The van der Waals surface area contributed by atoms with Crippen molar-refractivity contribution in [3.8, 4) is 17.3 Å². The van der Waals surface area contributed by atoms with E-state index in [0.717, 1.165) is 11.4 Å². The molecule has 0 unspecified atom stereocenters. The zero-order valence-electron chi connectivity index (χ0n) is 13.6. The molecule has 0 fully saturated rings. The molecule has 0 radical (unpaired) electrons. The van der Waals surface area contributed by atoms with E-state index in [0.29, 0.717) is 23.0 Å². The molecule has 7 heteroatoms. The summed E-state index contributed by atoms with van der Waals surface area (Å²) in [4.78, 5) is 21.0. The van der Waals surface area contributed by atoms with Gasteiger partial charge in [0.25, 0.3) is 0 Å². The van der Waals surface area contributed by atoms with E-state index in [9.17, 15) is 4.79 Å². The van der Waals surface area contributed by atoms with E-state index in [2.05, 4.69) is 15.3 Å². The third-order valence-electron chi connectivity index (χ3n) is 3.92. The predicted octanol–water partition coefficient (Wildman–Crippen LogP) is 2.49. The summed E-state index contributed by atoms with van der Waals surface area (Å²) in [5.41, 5.74) is 1.49. The van der Waals surface area contributed by atoms with E-state index >= 15 is 0 Å². The Labute approximate surface area is 144 Å². The van der Waals surface area contributed by atoms with Crippen molar-refractivity contribution in [2.75, 3.05) is 12.1 Å². The third kappa shape index (κ3) is 3.03. The first-order chi connectivity index (χ1) is 12.2. The van der Waals surface area contributed by atoms with Gasteiger partial charge in [-0.05, 0) is 36.8 Å². The van der Waals surface area contributed by atoms with Crippen LogP contribution in [-0.2, 0) is 11.2 Å². The number of hydrogen-bond acceptors (Lipinski definition) is 5. The summed E-state index contributed by atoms with van der Waals surface area (Å²) in [6.07, 6.45) is 5.42. The van der Waals surface area contributed by atoms with Crippen LogP contribution in [0.25, 0.3) is 5.82 Å². The Morgan fingerprint density at radius 3 is 2.92 bits per heavy atom. The first-order valence-corrected chi connectivity index (χ1v) is 7.84. The fourth-order valence-corrected chi connectivity index (χ4v) is 2.72. The number of imidazole rings is 1. The second kappa shape index (κ2) is 6.27. The summed E-state index contributed by atoms with van der Waals surface area (Å²) in [7, 11) is 0. The molecular formula is C18H16N4O3. The first-order valence-electron chi connectivity index (χ1n) is 7.84. The SMILES string of the molecule is Cc1nccn1-c1ncccc1NC(=O)Cc1ccc2c(c1)OCO2. The number of aromatic nitrogens is 3. The van der Waals surface area contributed by atoms with Crippen molar-refractivity contribution in [3.63, 3.8) is 0 Å². The number of hydrogen-bond donors (Lipinski definition) is 1. The zero-order chi connectivity index (χ0) is 17.2. The number of carbonyl (C=O) groups is 1. The van der Waals surface area contributed by atoms with E-state index in [1.54, 1.807) is 18.5 Å². The van der Waals surface area contributed by atoms with Crippen molar-refractivity contribution in [1.82, 2.24) is 14.5 Å². The van der Waals surface area contributed by atoms with Gasteiger partial charge in [-0.1, -0.05) is 6.07 Å². The van der Waals surface area contributed by atoms with Crippen LogP contribution in [0.5, 0.6) is 11.5 Å². The van der Waals surface area contributed by atoms with Gasteiger partial charge in [-0.2, -0.15) is 0 Å². The number of nitrogens with zero attached hydrogens (tertiary/aromatic N) is 3. The van der Waals surface area contributed by atoms with Crippen molar-refractivity contribution < 1.29 is 14.3 Å². The predicted molar refractivity (Wildman–Crippen MR) is 91.0 cm³/mol. The van der Waals surface area contributed by atoms with Crippen LogP contribution >= 0.6 is 0 Å². The average Bonchev–Trinajstić information content (AvgIpc) is 3.23. The lowest BCUT2D eigenvalue weighted by atomic mass is 10.1. The summed E-state index contributed by atoms with van der Waals surface area (Å²) in [6, 6.07) is 9.10. The molecule has 1 aromatic carbocycles. The summed E-state index contributed by atoms with van der Waals surface area (Å²) in [5, 5.41) is 2.92. The minimum atomic E-state index is -0.133. The quantitative estimate of drug-likeness (QED) is 0.792. The monoisotopic (exact) mass is 336 g/mol. The molecule has 0 saturated carbocycles. The maximum atomic E-state index is 12.5. The van der Waals surface area contributed by atoms with Crippen molar-refractivity contribution in [2.24, 2.45) is 0 Å². The van der Waals surface area contributed by atoms with Gasteiger partial charge in [0.15, 0.2) is 17.3 Å². The highest BCUT2D eigenvalue weighted by atomic mass is 16.7. The van der Waals surface area contributed by atoms with Gasteiger partial charge < -0.3 is 14.8 Å². The summed E-state index contributed by atoms with van der Waals surface area (Å²) < 4.78 is 12.5. The lowest BCUT2D eigenvalue weighted by molar-refractivity contribution is -0.115. The third-order valence-corrected chi connectivity index (χ3v) is 3.92. The Kier molecular flexibility index (Phi) is 3.81. The molecule has 1 amide bonds. The molecule has 3 heterocycles. The molecular weight excluding hydrogens is 320 g/mol. The molecule has 0 saturated heterocycles. The van der Waals surface area contributed by atoms with E-state index in [-0.39, 0.29) is 19.1 Å². The molecule has 1 aliphatic heterocycles. The maximum absolute atomic E-state index is 12.5. The van der Waals surface area contributed by atoms with E-state index in [4.69, 9.17) is 9.47 Å². The number of fused-ring (bicyclic) bond motifs is 1. The fourth-order valence-electron chi connectivity index (χ4n) is 2.72. The number of nitrogens with one attached hydrogen (secondary N) is 1. The Morgan fingerprint density at radius 2 is 2.08 bits per heavy atom. The lowest BCUT2D eigenvalue weighted by Gasteiger charge is -2.12. The molecule has 25 heavy (non-hydrogen) atoms. The van der Waals surface area contributed by atoms with Gasteiger partial charge >= 0.3 is 0 Å². The average molecular weight is 336 g/mol.